The summed E-state index contributed by atoms with van der Waals surface area (Å²) in [5, 5.41) is 8.01. The Morgan fingerprint density at radius 1 is 1.47 bits per heavy atom. The van der Waals surface area contributed by atoms with E-state index in [1.54, 1.807) is 0 Å². The van der Waals surface area contributed by atoms with E-state index >= 15 is 0 Å². The molecule has 3 nitrogen and oxygen atoms in total. The van der Waals surface area contributed by atoms with Crippen molar-refractivity contribution in [3.05, 3.63) is 17.5 Å². The smallest absolute Gasteiger partial charge is 0.0540 e. The van der Waals surface area contributed by atoms with Crippen LogP contribution in [-0.4, -0.2) is 15.8 Å². The van der Waals surface area contributed by atoms with Crippen LogP contribution in [0.2, 0.25) is 0 Å². The molecule has 2 rings (SSSR count). The third-order valence-electron chi connectivity index (χ3n) is 4.19. The summed E-state index contributed by atoms with van der Waals surface area (Å²) in [6, 6.07) is 1.01. The minimum atomic E-state index is 0.402. The van der Waals surface area contributed by atoms with Gasteiger partial charge in [0.15, 0.2) is 0 Å². The maximum Gasteiger partial charge on any atom is 0.0540 e. The maximum absolute atomic E-state index is 4.31. The molecule has 3 heteroatoms. The van der Waals surface area contributed by atoms with Gasteiger partial charge >= 0.3 is 0 Å². The lowest BCUT2D eigenvalue weighted by atomic mass is 9.81. The minimum Gasteiger partial charge on any atom is -0.308 e. The van der Waals surface area contributed by atoms with E-state index in [2.05, 4.69) is 31.2 Å². The molecular formula is C14H25N3. The van der Waals surface area contributed by atoms with Crippen LogP contribution < -0.4 is 5.32 Å². The molecule has 0 aromatic carbocycles. The molecule has 1 aliphatic rings. The van der Waals surface area contributed by atoms with Gasteiger partial charge in [-0.25, -0.2) is 0 Å². The van der Waals surface area contributed by atoms with Gasteiger partial charge in [-0.15, -0.1) is 0 Å². The highest BCUT2D eigenvalue weighted by Crippen LogP contribution is 2.31. The molecule has 2 unspecified atom stereocenters. The highest BCUT2D eigenvalue weighted by Gasteiger charge is 2.21. The van der Waals surface area contributed by atoms with Crippen LogP contribution in [0.25, 0.3) is 0 Å². The maximum atomic E-state index is 4.31. The molecule has 1 fully saturated rings. The zero-order chi connectivity index (χ0) is 12.4. The molecule has 1 aromatic rings. The van der Waals surface area contributed by atoms with Gasteiger partial charge in [-0.1, -0.05) is 19.3 Å². The van der Waals surface area contributed by atoms with Crippen molar-refractivity contribution >= 4 is 0 Å². The fraction of sp³-hybridized carbons (Fsp3) is 0.786. The third kappa shape index (κ3) is 2.89. The number of hydrogen-bond donors (Lipinski definition) is 1. The van der Waals surface area contributed by atoms with Gasteiger partial charge < -0.3 is 5.32 Å². The average Bonchev–Trinajstić information content (AvgIpc) is 2.54. The third-order valence-corrected chi connectivity index (χ3v) is 4.19. The number of aromatic nitrogens is 2. The SMILES string of the molecule is Cc1c(C(C)NC(C)CC2CCC2)cnn1C. The summed E-state index contributed by atoms with van der Waals surface area (Å²) >= 11 is 0. The predicted molar refractivity (Wildman–Crippen MR) is 70.9 cm³/mol. The molecule has 0 saturated heterocycles. The topological polar surface area (TPSA) is 29.9 Å². The molecule has 0 amide bonds. The Hall–Kier alpha value is -0.830. The second-order valence-corrected chi connectivity index (χ2v) is 5.63. The Morgan fingerprint density at radius 3 is 2.65 bits per heavy atom. The summed E-state index contributed by atoms with van der Waals surface area (Å²) in [5.74, 6) is 0.972. The molecule has 0 spiro atoms. The monoisotopic (exact) mass is 235 g/mol. The fourth-order valence-electron chi connectivity index (χ4n) is 2.75. The Morgan fingerprint density at radius 2 is 2.18 bits per heavy atom. The van der Waals surface area contributed by atoms with E-state index in [9.17, 15) is 0 Å². The zero-order valence-electron chi connectivity index (χ0n) is 11.5. The predicted octanol–water partition coefficient (Wildman–Crippen LogP) is 2.96. The highest BCUT2D eigenvalue weighted by molar-refractivity contribution is 5.19. The molecule has 1 N–H and O–H groups in total. The average molecular weight is 235 g/mol. The lowest BCUT2D eigenvalue weighted by Crippen LogP contribution is -2.32. The Labute approximate surface area is 105 Å². The van der Waals surface area contributed by atoms with E-state index in [1.807, 2.05) is 17.9 Å². The van der Waals surface area contributed by atoms with Crippen LogP contribution >= 0.6 is 0 Å². The summed E-state index contributed by atoms with van der Waals surface area (Å²) in [7, 11) is 2.00. The largest absolute Gasteiger partial charge is 0.308 e. The molecule has 1 aliphatic carbocycles. The van der Waals surface area contributed by atoms with Crippen LogP contribution in [0.4, 0.5) is 0 Å². The number of nitrogens with one attached hydrogen (secondary N) is 1. The molecule has 0 aliphatic heterocycles. The van der Waals surface area contributed by atoms with Crippen LogP contribution in [0.3, 0.4) is 0 Å². The van der Waals surface area contributed by atoms with E-state index in [4.69, 9.17) is 0 Å². The zero-order valence-corrected chi connectivity index (χ0v) is 11.5. The molecule has 1 saturated carbocycles. The summed E-state index contributed by atoms with van der Waals surface area (Å²) in [4.78, 5) is 0. The van der Waals surface area contributed by atoms with Gasteiger partial charge in [0, 0.05) is 30.4 Å². The molecule has 96 valence electrons. The summed E-state index contributed by atoms with van der Waals surface area (Å²) in [5.41, 5.74) is 2.59. The molecule has 1 heterocycles. The Kier molecular flexibility index (Phi) is 3.87. The van der Waals surface area contributed by atoms with Crippen LogP contribution in [0.1, 0.15) is 56.8 Å². The van der Waals surface area contributed by atoms with Crippen LogP contribution in [0.15, 0.2) is 6.20 Å². The van der Waals surface area contributed by atoms with E-state index < -0.39 is 0 Å². The molecule has 0 bridgehead atoms. The van der Waals surface area contributed by atoms with Gasteiger partial charge in [0.2, 0.25) is 0 Å². The normalized spacial score (nSPS) is 20.0. The van der Waals surface area contributed by atoms with Crippen LogP contribution in [0.5, 0.6) is 0 Å². The first-order chi connectivity index (χ1) is 8.08. The van der Waals surface area contributed by atoms with Gasteiger partial charge in [-0.05, 0) is 33.1 Å². The van der Waals surface area contributed by atoms with Crippen molar-refractivity contribution in [2.24, 2.45) is 13.0 Å². The molecule has 1 aromatic heterocycles. The first-order valence-corrected chi connectivity index (χ1v) is 6.82. The minimum absolute atomic E-state index is 0.402. The van der Waals surface area contributed by atoms with Crippen molar-refractivity contribution in [3.63, 3.8) is 0 Å². The molecule has 17 heavy (non-hydrogen) atoms. The highest BCUT2D eigenvalue weighted by atomic mass is 15.3. The standard InChI is InChI=1S/C14H25N3/c1-10(8-13-6-5-7-13)16-11(2)14-9-15-17(4)12(14)3/h9-11,13,16H,5-8H2,1-4H3. The van der Waals surface area contributed by atoms with E-state index in [1.165, 1.54) is 36.9 Å². The van der Waals surface area contributed by atoms with Gasteiger partial charge in [0.05, 0.1) is 6.20 Å². The lowest BCUT2D eigenvalue weighted by Gasteiger charge is -2.30. The summed E-state index contributed by atoms with van der Waals surface area (Å²) in [6.45, 7) is 6.68. The van der Waals surface area contributed by atoms with E-state index in [0.717, 1.165) is 5.92 Å². The summed E-state index contributed by atoms with van der Waals surface area (Å²) in [6.07, 6.45) is 7.63. The van der Waals surface area contributed by atoms with Gasteiger partial charge in [0.25, 0.3) is 0 Å². The second kappa shape index (κ2) is 5.21. The van der Waals surface area contributed by atoms with E-state index in [0.29, 0.717) is 12.1 Å². The number of aryl methyl sites for hydroxylation is 1. The van der Waals surface area contributed by atoms with Gasteiger partial charge in [-0.3, -0.25) is 4.68 Å². The quantitative estimate of drug-likeness (QED) is 0.850. The number of rotatable bonds is 5. The molecule has 2 atom stereocenters. The van der Waals surface area contributed by atoms with Crippen molar-refractivity contribution in [1.29, 1.82) is 0 Å². The Balaban J connectivity index is 1.87. The van der Waals surface area contributed by atoms with Crippen LogP contribution in [-0.2, 0) is 7.05 Å². The Bertz CT molecular complexity index is 366. The van der Waals surface area contributed by atoms with Crippen molar-refractivity contribution in [1.82, 2.24) is 15.1 Å². The van der Waals surface area contributed by atoms with Gasteiger partial charge in [-0.2, -0.15) is 5.10 Å². The first-order valence-electron chi connectivity index (χ1n) is 6.82. The van der Waals surface area contributed by atoms with Crippen molar-refractivity contribution < 1.29 is 0 Å². The second-order valence-electron chi connectivity index (χ2n) is 5.63. The van der Waals surface area contributed by atoms with Crippen molar-refractivity contribution in [3.8, 4) is 0 Å². The molecular weight excluding hydrogens is 210 g/mol. The number of nitrogens with zero attached hydrogens (tertiary/aromatic N) is 2. The summed E-state index contributed by atoms with van der Waals surface area (Å²) < 4.78 is 1.95. The van der Waals surface area contributed by atoms with Crippen molar-refractivity contribution in [2.45, 2.75) is 58.5 Å². The van der Waals surface area contributed by atoms with Crippen molar-refractivity contribution in [2.75, 3.05) is 0 Å². The first kappa shape index (κ1) is 12.6. The fourth-order valence-corrected chi connectivity index (χ4v) is 2.75. The van der Waals surface area contributed by atoms with Gasteiger partial charge in [0.1, 0.15) is 0 Å². The van der Waals surface area contributed by atoms with E-state index in [-0.39, 0.29) is 0 Å². The lowest BCUT2D eigenvalue weighted by molar-refractivity contribution is 0.259. The molecule has 0 radical (unpaired) electrons. The van der Waals surface area contributed by atoms with Crippen LogP contribution in [0, 0.1) is 12.8 Å². The number of hydrogen-bond acceptors (Lipinski definition) is 2.